The number of hydrogen-bond acceptors (Lipinski definition) is 7. The first-order valence-corrected chi connectivity index (χ1v) is 11.6. The topological polar surface area (TPSA) is 72.4 Å². The Morgan fingerprint density at radius 1 is 1.07 bits per heavy atom. The summed E-state index contributed by atoms with van der Waals surface area (Å²) >= 11 is 1.34. The van der Waals surface area contributed by atoms with Crippen LogP contribution in [0.1, 0.15) is 5.01 Å². The van der Waals surface area contributed by atoms with E-state index in [-0.39, 0.29) is 10.6 Å². The van der Waals surface area contributed by atoms with Gasteiger partial charge in [-0.1, -0.05) is 6.07 Å². The Balaban J connectivity index is 1.50. The van der Waals surface area contributed by atoms with Crippen molar-refractivity contribution in [3.8, 4) is 5.75 Å². The summed E-state index contributed by atoms with van der Waals surface area (Å²) in [7, 11) is -3.49. The number of fused-ring (bicyclic) bond motifs is 2. The smallest absolute Gasteiger partial charge is 0.185 e. The number of benzene rings is 2. The second-order valence-corrected chi connectivity index (χ2v) is 9.66. The van der Waals surface area contributed by atoms with Crippen LogP contribution in [0.4, 0.5) is 11.4 Å². The highest BCUT2D eigenvalue weighted by molar-refractivity contribution is 7.90. The van der Waals surface area contributed by atoms with Crippen molar-refractivity contribution in [3.63, 3.8) is 0 Å². The van der Waals surface area contributed by atoms with Crippen LogP contribution in [-0.2, 0) is 15.6 Å². The maximum absolute atomic E-state index is 12.8. The van der Waals surface area contributed by atoms with Gasteiger partial charge >= 0.3 is 0 Å². The van der Waals surface area contributed by atoms with Gasteiger partial charge in [0.25, 0.3) is 0 Å². The van der Waals surface area contributed by atoms with E-state index < -0.39 is 9.84 Å². The molecule has 0 spiro atoms. The van der Waals surface area contributed by atoms with E-state index in [1.165, 1.54) is 11.3 Å². The molecule has 2 aromatic carbocycles. The molecule has 2 aromatic heterocycles. The van der Waals surface area contributed by atoms with Crippen LogP contribution in [0.3, 0.4) is 0 Å². The average molecular weight is 424 g/mol. The Morgan fingerprint density at radius 2 is 2.00 bits per heavy atom. The summed E-state index contributed by atoms with van der Waals surface area (Å²) in [6.07, 6.45) is 3.39. The van der Waals surface area contributed by atoms with Gasteiger partial charge in [0.2, 0.25) is 0 Å². The molecule has 5 rings (SSSR count). The van der Waals surface area contributed by atoms with Crippen molar-refractivity contribution in [2.24, 2.45) is 0 Å². The number of thiazole rings is 1. The van der Waals surface area contributed by atoms with Gasteiger partial charge in [0.05, 0.1) is 22.6 Å². The molecule has 0 saturated carbocycles. The van der Waals surface area contributed by atoms with Gasteiger partial charge in [-0.25, -0.2) is 13.4 Å². The predicted molar refractivity (Wildman–Crippen MR) is 114 cm³/mol. The third kappa shape index (κ3) is 3.45. The van der Waals surface area contributed by atoms with Crippen LogP contribution in [0.15, 0.2) is 71.2 Å². The van der Waals surface area contributed by atoms with Crippen molar-refractivity contribution >= 4 is 43.5 Å². The van der Waals surface area contributed by atoms with E-state index in [9.17, 15) is 8.42 Å². The highest BCUT2D eigenvalue weighted by Crippen LogP contribution is 2.39. The maximum atomic E-state index is 12.8. The van der Waals surface area contributed by atoms with Gasteiger partial charge in [-0.2, -0.15) is 0 Å². The summed E-state index contributed by atoms with van der Waals surface area (Å²) in [5.74, 6) is 0.466. The van der Waals surface area contributed by atoms with Gasteiger partial charge in [0.1, 0.15) is 23.1 Å². The molecule has 4 aromatic rings. The van der Waals surface area contributed by atoms with Gasteiger partial charge < -0.3 is 9.64 Å². The van der Waals surface area contributed by atoms with Crippen LogP contribution >= 0.6 is 11.3 Å². The first-order valence-electron chi connectivity index (χ1n) is 9.10. The minimum atomic E-state index is -3.49. The minimum Gasteiger partial charge on any atom is -0.489 e. The summed E-state index contributed by atoms with van der Waals surface area (Å²) in [4.78, 5) is 10.8. The van der Waals surface area contributed by atoms with E-state index in [0.717, 1.165) is 22.3 Å². The average Bonchev–Trinajstić information content (AvgIpc) is 3.25. The molecular weight excluding hydrogens is 406 g/mol. The molecule has 1 aliphatic rings. The van der Waals surface area contributed by atoms with Gasteiger partial charge in [-0.05, 0) is 36.4 Å². The molecule has 0 amide bonds. The summed E-state index contributed by atoms with van der Waals surface area (Å²) in [6, 6.07) is 15.1. The molecule has 6 nitrogen and oxygen atoms in total. The third-order valence-electron chi connectivity index (χ3n) is 4.85. The second-order valence-electron chi connectivity index (χ2n) is 6.69. The number of nitrogens with zero attached hydrogens (tertiary/aromatic N) is 3. The zero-order chi connectivity index (χ0) is 19.8. The summed E-state index contributed by atoms with van der Waals surface area (Å²) in [6.45, 7) is 1.16. The molecule has 0 atom stereocenters. The molecule has 8 heteroatoms. The zero-order valence-corrected chi connectivity index (χ0v) is 17.0. The SMILES string of the molecule is O=S(=O)(Cc1nccs1)c1ccc2c(c1)OCCN2c1ccc2ncccc2c1. The number of pyridine rings is 1. The maximum Gasteiger partial charge on any atom is 0.185 e. The Kier molecular flexibility index (Phi) is 4.44. The normalized spacial score (nSPS) is 13.9. The highest BCUT2D eigenvalue weighted by Gasteiger charge is 2.24. The number of sulfone groups is 1. The summed E-state index contributed by atoms with van der Waals surface area (Å²) < 4.78 is 31.3. The Bertz CT molecular complexity index is 1290. The molecule has 146 valence electrons. The van der Waals surface area contributed by atoms with E-state index in [2.05, 4.69) is 20.9 Å². The highest BCUT2D eigenvalue weighted by atomic mass is 32.2. The van der Waals surface area contributed by atoms with Gasteiger partial charge in [0.15, 0.2) is 9.84 Å². The molecular formula is C21H17N3O3S2. The van der Waals surface area contributed by atoms with E-state index in [1.807, 2.05) is 30.3 Å². The van der Waals surface area contributed by atoms with Crippen molar-refractivity contribution in [2.75, 3.05) is 18.1 Å². The van der Waals surface area contributed by atoms with Gasteiger partial charge in [0, 0.05) is 34.9 Å². The lowest BCUT2D eigenvalue weighted by Gasteiger charge is -2.31. The van der Waals surface area contributed by atoms with Crippen molar-refractivity contribution in [3.05, 3.63) is 71.3 Å². The number of aromatic nitrogens is 2. The second kappa shape index (κ2) is 7.13. The zero-order valence-electron chi connectivity index (χ0n) is 15.4. The fourth-order valence-corrected chi connectivity index (χ4v) is 5.73. The molecule has 29 heavy (non-hydrogen) atoms. The number of hydrogen-bond donors (Lipinski definition) is 0. The predicted octanol–water partition coefficient (Wildman–Crippen LogP) is 4.20. The van der Waals surface area contributed by atoms with Gasteiger partial charge in [-0.15, -0.1) is 11.3 Å². The fraction of sp³-hybridized carbons (Fsp3) is 0.143. The monoisotopic (exact) mass is 423 g/mol. The number of rotatable bonds is 4. The molecule has 3 heterocycles. The molecule has 1 aliphatic heterocycles. The van der Waals surface area contributed by atoms with Crippen LogP contribution in [-0.4, -0.2) is 31.5 Å². The quantitative estimate of drug-likeness (QED) is 0.490. The molecule has 0 unspecified atom stereocenters. The first kappa shape index (κ1) is 18.1. The van der Waals surface area contributed by atoms with Crippen LogP contribution in [0.5, 0.6) is 5.75 Å². The van der Waals surface area contributed by atoms with E-state index in [4.69, 9.17) is 4.74 Å². The van der Waals surface area contributed by atoms with Crippen molar-refractivity contribution in [1.82, 2.24) is 9.97 Å². The van der Waals surface area contributed by atoms with E-state index in [1.54, 1.807) is 29.9 Å². The van der Waals surface area contributed by atoms with Crippen LogP contribution in [0.25, 0.3) is 10.9 Å². The summed E-state index contributed by atoms with van der Waals surface area (Å²) in [5, 5.41) is 3.41. The Labute approximate surface area is 172 Å². The first-order chi connectivity index (χ1) is 14.1. The number of ether oxygens (including phenoxy) is 1. The largest absolute Gasteiger partial charge is 0.489 e. The third-order valence-corrected chi connectivity index (χ3v) is 7.44. The molecule has 0 bridgehead atoms. The van der Waals surface area contributed by atoms with Crippen molar-refractivity contribution in [2.45, 2.75) is 10.6 Å². The minimum absolute atomic E-state index is 0.106. The Hall–Kier alpha value is -2.97. The molecule has 0 radical (unpaired) electrons. The lowest BCUT2D eigenvalue weighted by atomic mass is 10.1. The standard InChI is InChI=1S/C21H17N3O3S2/c25-29(26,14-21-23-8-11-28-21)17-4-6-19-20(13-17)27-10-9-24(19)16-3-5-18-15(12-16)2-1-7-22-18/h1-8,11-13H,9-10,14H2. The molecule has 0 aliphatic carbocycles. The van der Waals surface area contributed by atoms with E-state index in [0.29, 0.717) is 23.9 Å². The van der Waals surface area contributed by atoms with Crippen LogP contribution in [0, 0.1) is 0 Å². The van der Waals surface area contributed by atoms with Crippen molar-refractivity contribution < 1.29 is 13.2 Å². The van der Waals surface area contributed by atoms with E-state index >= 15 is 0 Å². The number of anilines is 2. The summed E-state index contributed by atoms with van der Waals surface area (Å²) in [5.41, 5.74) is 2.81. The lowest BCUT2D eigenvalue weighted by molar-refractivity contribution is 0.313. The fourth-order valence-electron chi connectivity index (χ4n) is 3.46. The van der Waals surface area contributed by atoms with Crippen LogP contribution < -0.4 is 9.64 Å². The van der Waals surface area contributed by atoms with Gasteiger partial charge in [-0.3, -0.25) is 4.98 Å². The lowest BCUT2D eigenvalue weighted by Crippen LogP contribution is -2.28. The Morgan fingerprint density at radius 3 is 2.86 bits per heavy atom. The molecule has 0 N–H and O–H groups in total. The van der Waals surface area contributed by atoms with Crippen LogP contribution in [0.2, 0.25) is 0 Å². The molecule has 0 saturated heterocycles. The van der Waals surface area contributed by atoms with Crippen molar-refractivity contribution in [1.29, 1.82) is 0 Å². The molecule has 0 fully saturated rings.